The van der Waals surface area contributed by atoms with Gasteiger partial charge in [-0.2, -0.15) is 0 Å². The molecule has 1 aromatic heterocycles. The van der Waals surface area contributed by atoms with Crippen LogP contribution in [0.25, 0.3) is 0 Å². The second-order valence-electron chi connectivity index (χ2n) is 7.16. The summed E-state index contributed by atoms with van der Waals surface area (Å²) in [5, 5.41) is 1.92. The molecule has 27 heavy (non-hydrogen) atoms. The lowest BCUT2D eigenvalue weighted by molar-refractivity contribution is -0.123. The van der Waals surface area contributed by atoms with E-state index in [4.69, 9.17) is 4.74 Å². The van der Waals surface area contributed by atoms with Gasteiger partial charge >= 0.3 is 0 Å². The van der Waals surface area contributed by atoms with Crippen molar-refractivity contribution in [2.75, 3.05) is 31.6 Å². The maximum atomic E-state index is 13.3. The first-order chi connectivity index (χ1) is 13.2. The maximum absolute atomic E-state index is 13.3. The number of likely N-dealkylation sites (tertiary alicyclic amines) is 1. The summed E-state index contributed by atoms with van der Waals surface area (Å²) in [6.45, 7) is 1.99. The van der Waals surface area contributed by atoms with Crippen molar-refractivity contribution in [3.63, 3.8) is 0 Å². The van der Waals surface area contributed by atoms with E-state index in [-0.39, 0.29) is 17.7 Å². The van der Waals surface area contributed by atoms with Crippen LogP contribution < -0.4 is 9.64 Å². The first kappa shape index (κ1) is 18.0. The van der Waals surface area contributed by atoms with Crippen LogP contribution in [0.2, 0.25) is 0 Å². The van der Waals surface area contributed by atoms with Crippen molar-refractivity contribution in [1.29, 1.82) is 0 Å². The van der Waals surface area contributed by atoms with Gasteiger partial charge in [0.05, 0.1) is 17.9 Å². The zero-order chi connectivity index (χ0) is 18.8. The molecule has 0 unspecified atom stereocenters. The molecule has 6 heteroatoms. The molecular weight excluding hydrogens is 360 g/mol. The standard InChI is InChI=1S/C21H24N2O3S/c1-26-17-8-9-18-15(13-17)5-3-11-23(18)20(24)16-6-2-10-22(14-16)21(25)19-7-4-12-27-19/h4,7-9,12-13,16H,2-3,5-6,10-11,14H2,1H3/t16-/m1/s1. The van der Waals surface area contributed by atoms with Gasteiger partial charge in [-0.15, -0.1) is 11.3 Å². The number of piperidine rings is 1. The Morgan fingerprint density at radius 1 is 1.19 bits per heavy atom. The SMILES string of the molecule is COc1ccc2c(c1)CCCN2C(=O)[C@@H]1CCCN(C(=O)c2cccs2)C1. The average Bonchev–Trinajstić information content (AvgIpc) is 3.26. The number of carbonyl (C=O) groups is 2. The van der Waals surface area contributed by atoms with E-state index in [1.54, 1.807) is 7.11 Å². The minimum absolute atomic E-state index is 0.0475. The van der Waals surface area contributed by atoms with Crippen LogP contribution in [0.4, 0.5) is 5.69 Å². The molecule has 1 aromatic carbocycles. The number of amides is 2. The van der Waals surface area contributed by atoms with Gasteiger partial charge in [-0.05, 0) is 60.9 Å². The molecular formula is C21H24N2O3S. The van der Waals surface area contributed by atoms with Crippen LogP contribution in [0, 0.1) is 5.92 Å². The topological polar surface area (TPSA) is 49.9 Å². The Morgan fingerprint density at radius 2 is 2.07 bits per heavy atom. The van der Waals surface area contributed by atoms with Crippen LogP contribution in [0.3, 0.4) is 0 Å². The number of rotatable bonds is 3. The Morgan fingerprint density at radius 3 is 2.85 bits per heavy atom. The van der Waals surface area contributed by atoms with E-state index in [1.807, 2.05) is 45.5 Å². The van der Waals surface area contributed by atoms with Crippen molar-refractivity contribution in [1.82, 2.24) is 4.90 Å². The van der Waals surface area contributed by atoms with E-state index in [1.165, 1.54) is 11.3 Å². The zero-order valence-electron chi connectivity index (χ0n) is 15.5. The monoisotopic (exact) mass is 384 g/mol. The zero-order valence-corrected chi connectivity index (χ0v) is 16.3. The number of hydrogen-bond acceptors (Lipinski definition) is 4. The molecule has 1 fully saturated rings. The number of ether oxygens (including phenoxy) is 1. The van der Waals surface area contributed by atoms with Crippen molar-refractivity contribution in [2.45, 2.75) is 25.7 Å². The maximum Gasteiger partial charge on any atom is 0.263 e. The quantitative estimate of drug-likeness (QED) is 0.813. The number of aryl methyl sites for hydroxylation is 1. The van der Waals surface area contributed by atoms with E-state index in [0.29, 0.717) is 6.54 Å². The number of thiophene rings is 1. The van der Waals surface area contributed by atoms with Crippen LogP contribution in [-0.2, 0) is 11.2 Å². The van der Waals surface area contributed by atoms with Gasteiger partial charge in [-0.1, -0.05) is 6.07 Å². The lowest BCUT2D eigenvalue weighted by Crippen LogP contribution is -2.48. The lowest BCUT2D eigenvalue weighted by Gasteiger charge is -2.37. The number of methoxy groups -OCH3 is 1. The molecule has 2 aromatic rings. The molecule has 1 atom stereocenters. The Labute approximate surface area is 163 Å². The molecule has 3 heterocycles. The van der Waals surface area contributed by atoms with Gasteiger partial charge in [0.2, 0.25) is 5.91 Å². The molecule has 2 aliphatic heterocycles. The number of hydrogen-bond donors (Lipinski definition) is 0. The van der Waals surface area contributed by atoms with Gasteiger partial charge in [0.1, 0.15) is 5.75 Å². The Balaban J connectivity index is 1.51. The molecule has 1 saturated heterocycles. The van der Waals surface area contributed by atoms with Crippen LogP contribution >= 0.6 is 11.3 Å². The smallest absolute Gasteiger partial charge is 0.263 e. The highest BCUT2D eigenvalue weighted by atomic mass is 32.1. The molecule has 0 saturated carbocycles. The Bertz CT molecular complexity index is 834. The van der Waals surface area contributed by atoms with Crippen molar-refractivity contribution in [3.8, 4) is 5.75 Å². The number of nitrogens with zero attached hydrogens (tertiary/aromatic N) is 2. The number of anilines is 1. The van der Waals surface area contributed by atoms with E-state index < -0.39 is 0 Å². The summed E-state index contributed by atoms with van der Waals surface area (Å²) in [4.78, 5) is 30.5. The summed E-state index contributed by atoms with van der Waals surface area (Å²) in [5.41, 5.74) is 2.16. The van der Waals surface area contributed by atoms with Gasteiger partial charge in [0.25, 0.3) is 5.91 Å². The Kier molecular flexibility index (Phi) is 5.16. The molecule has 0 radical (unpaired) electrons. The summed E-state index contributed by atoms with van der Waals surface area (Å²) >= 11 is 1.46. The number of benzene rings is 1. The minimum Gasteiger partial charge on any atom is -0.497 e. The molecule has 0 aliphatic carbocycles. The summed E-state index contributed by atoms with van der Waals surface area (Å²) in [6, 6.07) is 9.68. The fraction of sp³-hybridized carbons (Fsp3) is 0.429. The Hall–Kier alpha value is -2.34. The van der Waals surface area contributed by atoms with Crippen molar-refractivity contribution in [2.24, 2.45) is 5.92 Å². The predicted octanol–water partition coefficient (Wildman–Crippen LogP) is 3.59. The van der Waals surface area contributed by atoms with Crippen LogP contribution in [0.1, 0.15) is 34.5 Å². The largest absolute Gasteiger partial charge is 0.497 e. The third-order valence-electron chi connectivity index (χ3n) is 5.46. The first-order valence-electron chi connectivity index (χ1n) is 9.48. The van der Waals surface area contributed by atoms with Gasteiger partial charge in [0.15, 0.2) is 0 Å². The van der Waals surface area contributed by atoms with E-state index in [9.17, 15) is 9.59 Å². The van der Waals surface area contributed by atoms with Crippen molar-refractivity contribution in [3.05, 3.63) is 46.2 Å². The molecule has 4 rings (SSSR count). The second kappa shape index (κ2) is 7.72. The van der Waals surface area contributed by atoms with Crippen molar-refractivity contribution >= 4 is 28.8 Å². The molecule has 142 valence electrons. The van der Waals surface area contributed by atoms with Crippen LogP contribution in [0.5, 0.6) is 5.75 Å². The lowest BCUT2D eigenvalue weighted by atomic mass is 9.94. The van der Waals surface area contributed by atoms with Gasteiger partial charge in [-0.25, -0.2) is 0 Å². The molecule has 5 nitrogen and oxygen atoms in total. The fourth-order valence-electron chi connectivity index (χ4n) is 4.07. The van der Waals surface area contributed by atoms with Crippen LogP contribution in [0.15, 0.2) is 35.7 Å². The molecule has 0 spiro atoms. The highest BCUT2D eigenvalue weighted by Crippen LogP contribution is 2.33. The third-order valence-corrected chi connectivity index (χ3v) is 6.32. The van der Waals surface area contributed by atoms with E-state index >= 15 is 0 Å². The summed E-state index contributed by atoms with van der Waals surface area (Å²) < 4.78 is 5.32. The number of carbonyl (C=O) groups excluding carboxylic acids is 2. The average molecular weight is 385 g/mol. The van der Waals surface area contributed by atoms with Crippen molar-refractivity contribution < 1.29 is 14.3 Å². The molecule has 2 amide bonds. The highest BCUT2D eigenvalue weighted by molar-refractivity contribution is 7.12. The summed E-state index contributed by atoms with van der Waals surface area (Å²) in [5.74, 6) is 0.889. The summed E-state index contributed by atoms with van der Waals surface area (Å²) in [7, 11) is 1.66. The second-order valence-corrected chi connectivity index (χ2v) is 8.10. The molecule has 0 bridgehead atoms. The van der Waals surface area contributed by atoms with E-state index in [0.717, 1.165) is 60.7 Å². The van der Waals surface area contributed by atoms with Crippen LogP contribution in [-0.4, -0.2) is 43.5 Å². The summed E-state index contributed by atoms with van der Waals surface area (Å²) in [6.07, 6.45) is 3.63. The minimum atomic E-state index is -0.129. The third kappa shape index (κ3) is 3.58. The normalized spacial score (nSPS) is 19.5. The van der Waals surface area contributed by atoms with Gasteiger partial charge in [-0.3, -0.25) is 9.59 Å². The fourth-order valence-corrected chi connectivity index (χ4v) is 4.76. The highest BCUT2D eigenvalue weighted by Gasteiger charge is 2.33. The van der Waals surface area contributed by atoms with Gasteiger partial charge < -0.3 is 14.5 Å². The van der Waals surface area contributed by atoms with E-state index in [2.05, 4.69) is 0 Å². The number of fused-ring (bicyclic) bond motifs is 1. The predicted molar refractivity (Wildman–Crippen MR) is 107 cm³/mol. The first-order valence-corrected chi connectivity index (χ1v) is 10.4. The van der Waals surface area contributed by atoms with Gasteiger partial charge in [0, 0.05) is 25.3 Å². The molecule has 2 aliphatic rings. The molecule has 0 N–H and O–H groups in total.